The molecule has 0 fully saturated rings. The minimum atomic E-state index is -0.221. The number of benzene rings is 2. The standard InChI is InChI=1S/C17H21FN2/c1-12-4-8-15(9-5-12)20(3)17(11-19)16-10-14(18)7-6-13(16)2/h4-10,17H,11,19H2,1-3H3. The first-order valence-corrected chi connectivity index (χ1v) is 6.78. The molecule has 20 heavy (non-hydrogen) atoms. The molecule has 2 aromatic rings. The van der Waals surface area contributed by atoms with Gasteiger partial charge in [0.1, 0.15) is 5.82 Å². The van der Waals surface area contributed by atoms with Gasteiger partial charge in [0.15, 0.2) is 0 Å². The number of hydrogen-bond donors (Lipinski definition) is 1. The Kier molecular flexibility index (Phi) is 4.40. The van der Waals surface area contributed by atoms with Crippen molar-refractivity contribution in [3.05, 3.63) is 65.0 Å². The second-order valence-electron chi connectivity index (χ2n) is 5.20. The molecule has 0 aliphatic carbocycles. The molecule has 0 spiro atoms. The van der Waals surface area contributed by atoms with Gasteiger partial charge >= 0.3 is 0 Å². The summed E-state index contributed by atoms with van der Waals surface area (Å²) >= 11 is 0. The molecule has 2 N–H and O–H groups in total. The number of nitrogens with two attached hydrogens (primary N) is 1. The number of nitrogens with zero attached hydrogens (tertiary/aromatic N) is 1. The van der Waals surface area contributed by atoms with Crippen molar-refractivity contribution < 1.29 is 4.39 Å². The van der Waals surface area contributed by atoms with Gasteiger partial charge in [0.25, 0.3) is 0 Å². The van der Waals surface area contributed by atoms with Crippen LogP contribution in [0.5, 0.6) is 0 Å². The van der Waals surface area contributed by atoms with E-state index in [1.165, 1.54) is 11.6 Å². The summed E-state index contributed by atoms with van der Waals surface area (Å²) < 4.78 is 13.5. The van der Waals surface area contributed by atoms with Crippen molar-refractivity contribution in [3.63, 3.8) is 0 Å². The fraction of sp³-hybridized carbons (Fsp3) is 0.294. The Balaban J connectivity index is 2.36. The minimum Gasteiger partial charge on any atom is -0.366 e. The number of likely N-dealkylation sites (N-methyl/N-ethyl adjacent to an activating group) is 1. The zero-order chi connectivity index (χ0) is 14.7. The van der Waals surface area contributed by atoms with E-state index in [0.717, 1.165) is 16.8 Å². The third kappa shape index (κ3) is 2.99. The largest absolute Gasteiger partial charge is 0.366 e. The molecule has 2 aromatic carbocycles. The van der Waals surface area contributed by atoms with E-state index < -0.39 is 0 Å². The van der Waals surface area contributed by atoms with Gasteiger partial charge in [-0.15, -0.1) is 0 Å². The third-order valence-corrected chi connectivity index (χ3v) is 3.73. The quantitative estimate of drug-likeness (QED) is 0.921. The molecule has 2 rings (SSSR count). The summed E-state index contributed by atoms with van der Waals surface area (Å²) in [4.78, 5) is 2.10. The molecule has 106 valence electrons. The molecule has 3 heteroatoms. The summed E-state index contributed by atoms with van der Waals surface area (Å²) in [6.45, 7) is 4.48. The zero-order valence-corrected chi connectivity index (χ0v) is 12.2. The van der Waals surface area contributed by atoms with Gasteiger partial charge in [0, 0.05) is 19.3 Å². The first-order chi connectivity index (χ1) is 9.52. The molecule has 0 heterocycles. The van der Waals surface area contributed by atoms with Crippen LogP contribution in [0.3, 0.4) is 0 Å². The Hall–Kier alpha value is -1.87. The van der Waals surface area contributed by atoms with Crippen LogP contribution in [0.15, 0.2) is 42.5 Å². The molecule has 1 atom stereocenters. The summed E-state index contributed by atoms with van der Waals surface area (Å²) in [7, 11) is 1.99. The minimum absolute atomic E-state index is 0.0339. The van der Waals surface area contributed by atoms with Gasteiger partial charge in [-0.05, 0) is 49.2 Å². The number of rotatable bonds is 4. The fourth-order valence-electron chi connectivity index (χ4n) is 2.42. The highest BCUT2D eigenvalue weighted by Crippen LogP contribution is 2.27. The molecular weight excluding hydrogens is 251 g/mol. The Morgan fingerprint density at radius 2 is 1.75 bits per heavy atom. The molecule has 0 saturated carbocycles. The Bertz CT molecular complexity index is 578. The van der Waals surface area contributed by atoms with Gasteiger partial charge in [-0.1, -0.05) is 23.8 Å². The molecule has 1 unspecified atom stereocenters. The van der Waals surface area contributed by atoms with Crippen LogP contribution in [0.1, 0.15) is 22.7 Å². The van der Waals surface area contributed by atoms with Crippen LogP contribution in [0.4, 0.5) is 10.1 Å². The maximum atomic E-state index is 13.5. The van der Waals surface area contributed by atoms with Gasteiger partial charge in [0.2, 0.25) is 0 Å². The summed E-state index contributed by atoms with van der Waals surface area (Å²) in [5.41, 5.74) is 10.2. The zero-order valence-electron chi connectivity index (χ0n) is 12.2. The molecule has 0 aliphatic heterocycles. The maximum absolute atomic E-state index is 13.5. The smallest absolute Gasteiger partial charge is 0.123 e. The van der Waals surface area contributed by atoms with E-state index in [0.29, 0.717) is 6.54 Å². The van der Waals surface area contributed by atoms with Crippen LogP contribution in [0.25, 0.3) is 0 Å². The lowest BCUT2D eigenvalue weighted by molar-refractivity contribution is 0.613. The van der Waals surface area contributed by atoms with Crippen LogP contribution in [0.2, 0.25) is 0 Å². The van der Waals surface area contributed by atoms with E-state index in [4.69, 9.17) is 5.73 Å². The van der Waals surface area contributed by atoms with Crippen molar-refractivity contribution in [1.82, 2.24) is 0 Å². The predicted molar refractivity (Wildman–Crippen MR) is 82.5 cm³/mol. The number of halogens is 1. The van der Waals surface area contributed by atoms with Crippen LogP contribution in [0, 0.1) is 19.7 Å². The monoisotopic (exact) mass is 272 g/mol. The van der Waals surface area contributed by atoms with Crippen molar-refractivity contribution in [2.45, 2.75) is 19.9 Å². The lowest BCUT2D eigenvalue weighted by Gasteiger charge is -2.30. The molecule has 2 nitrogen and oxygen atoms in total. The van der Waals surface area contributed by atoms with E-state index in [1.807, 2.05) is 14.0 Å². The van der Waals surface area contributed by atoms with Crippen molar-refractivity contribution in [2.75, 3.05) is 18.5 Å². The van der Waals surface area contributed by atoms with E-state index >= 15 is 0 Å². The second kappa shape index (κ2) is 6.06. The Labute approximate surface area is 120 Å². The SMILES string of the molecule is Cc1ccc(N(C)C(CN)c2cc(F)ccc2C)cc1. The van der Waals surface area contributed by atoms with E-state index in [2.05, 4.69) is 36.1 Å². The lowest BCUT2D eigenvalue weighted by Crippen LogP contribution is -2.31. The maximum Gasteiger partial charge on any atom is 0.123 e. The number of anilines is 1. The normalized spacial score (nSPS) is 12.2. The average molecular weight is 272 g/mol. The van der Waals surface area contributed by atoms with E-state index in [-0.39, 0.29) is 11.9 Å². The topological polar surface area (TPSA) is 29.3 Å². The van der Waals surface area contributed by atoms with Crippen molar-refractivity contribution in [2.24, 2.45) is 5.73 Å². The lowest BCUT2D eigenvalue weighted by atomic mass is 9.99. The summed E-state index contributed by atoms with van der Waals surface area (Å²) in [5.74, 6) is -0.221. The Morgan fingerprint density at radius 1 is 1.10 bits per heavy atom. The van der Waals surface area contributed by atoms with Crippen LogP contribution in [-0.4, -0.2) is 13.6 Å². The molecule has 0 bridgehead atoms. The van der Waals surface area contributed by atoms with E-state index in [1.54, 1.807) is 12.1 Å². The summed E-state index contributed by atoms with van der Waals surface area (Å²) in [6, 6.07) is 13.1. The summed E-state index contributed by atoms with van der Waals surface area (Å²) in [5, 5.41) is 0. The molecule has 0 radical (unpaired) electrons. The fourth-order valence-corrected chi connectivity index (χ4v) is 2.42. The molecule has 0 saturated heterocycles. The summed E-state index contributed by atoms with van der Waals surface area (Å²) in [6.07, 6.45) is 0. The van der Waals surface area contributed by atoms with Gasteiger partial charge in [-0.25, -0.2) is 4.39 Å². The number of aryl methyl sites for hydroxylation is 2. The predicted octanol–water partition coefficient (Wildman–Crippen LogP) is 3.58. The van der Waals surface area contributed by atoms with Gasteiger partial charge in [-0.3, -0.25) is 0 Å². The molecule has 0 aliphatic rings. The van der Waals surface area contributed by atoms with Crippen LogP contribution >= 0.6 is 0 Å². The van der Waals surface area contributed by atoms with Crippen LogP contribution in [-0.2, 0) is 0 Å². The van der Waals surface area contributed by atoms with Crippen LogP contribution < -0.4 is 10.6 Å². The average Bonchev–Trinajstić information content (AvgIpc) is 2.44. The Morgan fingerprint density at radius 3 is 2.35 bits per heavy atom. The van der Waals surface area contributed by atoms with E-state index in [9.17, 15) is 4.39 Å². The van der Waals surface area contributed by atoms with Crippen molar-refractivity contribution in [3.8, 4) is 0 Å². The first-order valence-electron chi connectivity index (χ1n) is 6.78. The third-order valence-electron chi connectivity index (χ3n) is 3.73. The van der Waals surface area contributed by atoms with Gasteiger partial charge in [-0.2, -0.15) is 0 Å². The van der Waals surface area contributed by atoms with Gasteiger partial charge < -0.3 is 10.6 Å². The van der Waals surface area contributed by atoms with Crippen molar-refractivity contribution in [1.29, 1.82) is 0 Å². The molecule has 0 amide bonds. The number of hydrogen-bond acceptors (Lipinski definition) is 2. The molecular formula is C17H21FN2. The highest BCUT2D eigenvalue weighted by molar-refractivity contribution is 5.50. The van der Waals surface area contributed by atoms with Crippen molar-refractivity contribution >= 4 is 5.69 Å². The highest BCUT2D eigenvalue weighted by atomic mass is 19.1. The second-order valence-corrected chi connectivity index (χ2v) is 5.20. The van der Waals surface area contributed by atoms with Gasteiger partial charge in [0.05, 0.1) is 6.04 Å². The molecule has 0 aromatic heterocycles. The first kappa shape index (κ1) is 14.5. The highest BCUT2D eigenvalue weighted by Gasteiger charge is 2.18.